The molecule has 1 aliphatic heterocycles. The number of anilines is 2. The summed E-state index contributed by atoms with van der Waals surface area (Å²) < 4.78 is 0. The second-order valence-electron chi connectivity index (χ2n) is 7.34. The first kappa shape index (κ1) is 20.3. The zero-order valence-electron chi connectivity index (χ0n) is 17.1. The third kappa shape index (κ3) is 4.21. The van der Waals surface area contributed by atoms with Crippen molar-refractivity contribution < 1.29 is 14.4 Å². The molecule has 3 rings (SSSR count). The van der Waals surface area contributed by atoms with Crippen molar-refractivity contribution in [3.8, 4) is 0 Å². The summed E-state index contributed by atoms with van der Waals surface area (Å²) in [5.74, 6) is -0.937. The first-order valence-corrected chi connectivity index (χ1v) is 9.60. The van der Waals surface area contributed by atoms with Crippen LogP contribution in [0.2, 0.25) is 0 Å². The van der Waals surface area contributed by atoms with Gasteiger partial charge in [0.1, 0.15) is 5.57 Å². The number of benzene rings is 2. The molecule has 0 aromatic heterocycles. The maximum Gasteiger partial charge on any atom is 0.335 e. The number of rotatable bonds is 5. The highest BCUT2D eigenvalue weighted by Gasteiger charge is 2.36. The van der Waals surface area contributed by atoms with Crippen LogP contribution in [0.15, 0.2) is 54.1 Å². The summed E-state index contributed by atoms with van der Waals surface area (Å²) >= 11 is 0. The highest BCUT2D eigenvalue weighted by atomic mass is 16.2. The molecule has 2 aromatic carbocycles. The van der Waals surface area contributed by atoms with E-state index in [-0.39, 0.29) is 5.57 Å². The van der Waals surface area contributed by atoms with Crippen molar-refractivity contribution in [2.24, 2.45) is 0 Å². The van der Waals surface area contributed by atoms with E-state index in [2.05, 4.69) is 19.2 Å². The molecule has 4 amide bonds. The minimum Gasteiger partial charge on any atom is -0.378 e. The van der Waals surface area contributed by atoms with Crippen molar-refractivity contribution in [3.63, 3.8) is 0 Å². The predicted molar refractivity (Wildman–Crippen MR) is 115 cm³/mol. The fourth-order valence-corrected chi connectivity index (χ4v) is 3.11. The monoisotopic (exact) mass is 391 g/mol. The van der Waals surface area contributed by atoms with Gasteiger partial charge in [0.15, 0.2) is 0 Å². The molecule has 0 bridgehead atoms. The Hall–Kier alpha value is -3.41. The van der Waals surface area contributed by atoms with Crippen molar-refractivity contribution in [2.45, 2.75) is 26.2 Å². The van der Waals surface area contributed by atoms with Gasteiger partial charge in [-0.2, -0.15) is 0 Å². The Balaban J connectivity index is 1.91. The summed E-state index contributed by atoms with van der Waals surface area (Å²) in [5, 5.41) is 2.26. The molecule has 0 unspecified atom stereocenters. The van der Waals surface area contributed by atoms with Crippen molar-refractivity contribution in [1.82, 2.24) is 5.32 Å². The fourth-order valence-electron chi connectivity index (χ4n) is 3.11. The van der Waals surface area contributed by atoms with E-state index < -0.39 is 17.8 Å². The third-order valence-corrected chi connectivity index (χ3v) is 5.15. The molecule has 2 aromatic rings. The average molecular weight is 391 g/mol. The molecule has 0 radical (unpaired) electrons. The zero-order chi connectivity index (χ0) is 21.1. The van der Waals surface area contributed by atoms with E-state index in [0.717, 1.165) is 22.6 Å². The smallest absolute Gasteiger partial charge is 0.335 e. The molecular weight excluding hydrogens is 366 g/mol. The summed E-state index contributed by atoms with van der Waals surface area (Å²) in [6, 6.07) is 14.0. The minimum atomic E-state index is -0.739. The van der Waals surface area contributed by atoms with Gasteiger partial charge >= 0.3 is 6.03 Å². The van der Waals surface area contributed by atoms with E-state index >= 15 is 0 Å². The molecular formula is C23H25N3O3. The Morgan fingerprint density at radius 3 is 2.17 bits per heavy atom. The number of barbiturate groups is 1. The molecule has 1 fully saturated rings. The molecule has 1 aliphatic rings. The highest BCUT2D eigenvalue weighted by molar-refractivity contribution is 6.39. The fraction of sp³-hybridized carbons (Fsp3) is 0.261. The summed E-state index contributed by atoms with van der Waals surface area (Å²) in [7, 11) is 3.86. The van der Waals surface area contributed by atoms with Gasteiger partial charge in [0, 0.05) is 19.8 Å². The Morgan fingerprint density at radius 2 is 1.62 bits per heavy atom. The molecule has 1 N–H and O–H groups in total. The average Bonchev–Trinajstić information content (AvgIpc) is 2.71. The lowest BCUT2D eigenvalue weighted by Gasteiger charge is -2.26. The quantitative estimate of drug-likeness (QED) is 0.619. The van der Waals surface area contributed by atoms with Gasteiger partial charge in [-0.05, 0) is 53.8 Å². The summed E-state index contributed by atoms with van der Waals surface area (Å²) in [4.78, 5) is 40.6. The normalized spacial score (nSPS) is 16.8. The van der Waals surface area contributed by atoms with Crippen molar-refractivity contribution in [3.05, 3.63) is 65.2 Å². The SMILES string of the molecule is CC[C@@H](C)c1ccc(N2C(=O)NC(=O)/C(=C/c3ccc(N(C)C)cc3)C2=O)cc1. The topological polar surface area (TPSA) is 69.7 Å². The molecule has 0 spiro atoms. The number of urea groups is 1. The van der Waals surface area contributed by atoms with Gasteiger partial charge in [0.2, 0.25) is 0 Å². The predicted octanol–water partition coefficient (Wildman–Crippen LogP) is 3.93. The number of hydrogen-bond donors (Lipinski definition) is 1. The van der Waals surface area contributed by atoms with E-state index in [1.54, 1.807) is 12.1 Å². The Bertz CT molecular complexity index is 960. The van der Waals surface area contributed by atoms with Gasteiger partial charge in [-0.25, -0.2) is 9.69 Å². The molecule has 29 heavy (non-hydrogen) atoms. The van der Waals surface area contributed by atoms with Crippen molar-refractivity contribution in [1.29, 1.82) is 0 Å². The first-order chi connectivity index (χ1) is 13.8. The molecule has 0 aliphatic carbocycles. The maximum atomic E-state index is 13.0. The third-order valence-electron chi connectivity index (χ3n) is 5.15. The van der Waals surface area contributed by atoms with Crippen LogP contribution in [-0.4, -0.2) is 31.9 Å². The maximum absolute atomic E-state index is 13.0. The molecule has 150 valence electrons. The van der Waals surface area contributed by atoms with Crippen molar-refractivity contribution >= 4 is 35.3 Å². The van der Waals surface area contributed by atoms with Gasteiger partial charge in [-0.15, -0.1) is 0 Å². The molecule has 1 atom stereocenters. The van der Waals surface area contributed by atoms with E-state index in [9.17, 15) is 14.4 Å². The number of carbonyl (C=O) groups is 3. The zero-order valence-corrected chi connectivity index (χ0v) is 17.1. The number of nitrogens with zero attached hydrogens (tertiary/aromatic N) is 2. The summed E-state index contributed by atoms with van der Waals surface area (Å²) in [6.07, 6.45) is 2.50. The number of hydrogen-bond acceptors (Lipinski definition) is 4. The van der Waals surface area contributed by atoms with Crippen LogP contribution < -0.4 is 15.1 Å². The Kier molecular flexibility index (Phi) is 5.82. The van der Waals surface area contributed by atoms with Crippen LogP contribution in [0.5, 0.6) is 0 Å². The van der Waals surface area contributed by atoms with Crippen LogP contribution in [-0.2, 0) is 9.59 Å². The second kappa shape index (κ2) is 8.31. The van der Waals surface area contributed by atoms with Crippen LogP contribution >= 0.6 is 0 Å². The number of imide groups is 2. The number of nitrogens with one attached hydrogen (secondary N) is 1. The van der Waals surface area contributed by atoms with Gasteiger partial charge in [0.25, 0.3) is 11.8 Å². The van der Waals surface area contributed by atoms with E-state index in [0.29, 0.717) is 17.2 Å². The molecule has 0 saturated carbocycles. The van der Waals surface area contributed by atoms with E-state index in [1.165, 1.54) is 6.08 Å². The van der Waals surface area contributed by atoms with Crippen LogP contribution in [0, 0.1) is 0 Å². The van der Waals surface area contributed by atoms with Gasteiger partial charge in [-0.3, -0.25) is 14.9 Å². The molecule has 6 heteroatoms. The lowest BCUT2D eigenvalue weighted by molar-refractivity contribution is -0.122. The van der Waals surface area contributed by atoms with Crippen LogP contribution in [0.4, 0.5) is 16.2 Å². The van der Waals surface area contributed by atoms with Crippen LogP contribution in [0.3, 0.4) is 0 Å². The van der Waals surface area contributed by atoms with Gasteiger partial charge in [0.05, 0.1) is 5.69 Å². The van der Waals surface area contributed by atoms with E-state index in [4.69, 9.17) is 0 Å². The summed E-state index contributed by atoms with van der Waals surface area (Å²) in [5.41, 5.74) is 3.20. The second-order valence-corrected chi connectivity index (χ2v) is 7.34. The van der Waals surface area contributed by atoms with Crippen molar-refractivity contribution in [2.75, 3.05) is 23.9 Å². The Labute approximate surface area is 170 Å². The first-order valence-electron chi connectivity index (χ1n) is 9.60. The lowest BCUT2D eigenvalue weighted by Crippen LogP contribution is -2.54. The van der Waals surface area contributed by atoms with E-state index in [1.807, 2.05) is 55.4 Å². The van der Waals surface area contributed by atoms with Gasteiger partial charge < -0.3 is 4.90 Å². The van der Waals surface area contributed by atoms with Crippen LogP contribution in [0.1, 0.15) is 37.3 Å². The lowest BCUT2D eigenvalue weighted by atomic mass is 9.98. The molecule has 6 nitrogen and oxygen atoms in total. The van der Waals surface area contributed by atoms with Gasteiger partial charge in [-0.1, -0.05) is 38.1 Å². The molecule has 1 saturated heterocycles. The minimum absolute atomic E-state index is 0.0757. The molecule has 1 heterocycles. The number of amides is 4. The summed E-state index contributed by atoms with van der Waals surface area (Å²) in [6.45, 7) is 4.22. The largest absolute Gasteiger partial charge is 0.378 e. The number of carbonyl (C=O) groups excluding carboxylic acids is 3. The Morgan fingerprint density at radius 1 is 1.00 bits per heavy atom. The standard InChI is InChI=1S/C23H25N3O3/c1-5-15(2)17-8-12-19(13-9-17)26-22(28)20(21(27)24-23(26)29)14-16-6-10-18(11-7-16)25(3)4/h6-15H,5H2,1-4H3,(H,24,27,29)/b20-14-/t15-/m1/s1. The highest BCUT2D eigenvalue weighted by Crippen LogP contribution is 2.26. The van der Waals surface area contributed by atoms with Crippen LogP contribution in [0.25, 0.3) is 6.08 Å².